The van der Waals surface area contributed by atoms with E-state index in [1.54, 1.807) is 0 Å². The number of hydrogen-bond donors (Lipinski definition) is 2. The van der Waals surface area contributed by atoms with Crippen LogP contribution in [-0.4, -0.2) is 13.1 Å². The molecule has 0 atom stereocenters. The predicted octanol–water partition coefficient (Wildman–Crippen LogP) is 0.717. The van der Waals surface area contributed by atoms with Crippen LogP contribution in [0.25, 0.3) is 0 Å². The molecule has 0 aromatic rings. The van der Waals surface area contributed by atoms with Gasteiger partial charge in [-0.3, -0.25) is 0 Å². The van der Waals surface area contributed by atoms with E-state index in [1.807, 2.05) is 12.2 Å². The summed E-state index contributed by atoms with van der Waals surface area (Å²) >= 11 is 0. The van der Waals surface area contributed by atoms with Gasteiger partial charge in [0.15, 0.2) is 0 Å². The van der Waals surface area contributed by atoms with Gasteiger partial charge in [-0.1, -0.05) is 29.9 Å². The normalized spacial score (nSPS) is 17.3. The van der Waals surface area contributed by atoms with E-state index in [-0.39, 0.29) is 0 Å². The largest absolute Gasteiger partial charge is 0.327 e. The van der Waals surface area contributed by atoms with Gasteiger partial charge < -0.3 is 11.5 Å². The van der Waals surface area contributed by atoms with Crippen LogP contribution in [0.2, 0.25) is 0 Å². The Morgan fingerprint density at radius 2 is 2.09 bits per heavy atom. The Morgan fingerprint density at radius 3 is 2.73 bits per heavy atom. The Balaban J connectivity index is 2.77. The summed E-state index contributed by atoms with van der Waals surface area (Å²) in [7, 11) is 0. The Hall–Kier alpha value is -0.860. The molecule has 1 aliphatic rings. The fraction of sp³-hybridized carbons (Fsp3) is 0.333. The Bertz CT molecular complexity index is 212. The van der Waals surface area contributed by atoms with Gasteiger partial charge >= 0.3 is 0 Å². The maximum absolute atomic E-state index is 5.52. The lowest BCUT2D eigenvalue weighted by Crippen LogP contribution is -2.05. The first kappa shape index (κ1) is 8.24. The Kier molecular flexibility index (Phi) is 3.08. The van der Waals surface area contributed by atoms with E-state index in [2.05, 4.69) is 12.2 Å². The molecule has 11 heavy (non-hydrogen) atoms. The summed E-state index contributed by atoms with van der Waals surface area (Å²) in [6.07, 6.45) is 9.20. The van der Waals surface area contributed by atoms with Crippen molar-refractivity contribution in [3.63, 3.8) is 0 Å². The topological polar surface area (TPSA) is 52.0 Å². The van der Waals surface area contributed by atoms with E-state index < -0.39 is 0 Å². The fourth-order valence-electron chi connectivity index (χ4n) is 1.05. The van der Waals surface area contributed by atoms with Crippen molar-refractivity contribution in [2.45, 2.75) is 6.42 Å². The summed E-state index contributed by atoms with van der Waals surface area (Å²) in [5.74, 6) is 0. The quantitative estimate of drug-likeness (QED) is 0.609. The molecule has 0 unspecified atom stereocenters. The Morgan fingerprint density at radius 1 is 1.27 bits per heavy atom. The predicted molar refractivity (Wildman–Crippen MR) is 48.0 cm³/mol. The molecule has 0 radical (unpaired) electrons. The van der Waals surface area contributed by atoms with Crippen LogP contribution in [0.3, 0.4) is 0 Å². The summed E-state index contributed by atoms with van der Waals surface area (Å²) in [5, 5.41) is 0. The van der Waals surface area contributed by atoms with Crippen LogP contribution in [0.5, 0.6) is 0 Å². The molecule has 0 fully saturated rings. The van der Waals surface area contributed by atoms with Gasteiger partial charge in [0.05, 0.1) is 0 Å². The molecule has 4 N–H and O–H groups in total. The van der Waals surface area contributed by atoms with Crippen LogP contribution in [0.1, 0.15) is 6.42 Å². The summed E-state index contributed by atoms with van der Waals surface area (Å²) in [5.41, 5.74) is 13.4. The highest BCUT2D eigenvalue weighted by atomic mass is 14.5. The number of hydrogen-bond acceptors (Lipinski definition) is 2. The van der Waals surface area contributed by atoms with Gasteiger partial charge in [-0.15, -0.1) is 0 Å². The van der Waals surface area contributed by atoms with Crippen molar-refractivity contribution in [1.29, 1.82) is 0 Å². The van der Waals surface area contributed by atoms with Gasteiger partial charge in [0.2, 0.25) is 0 Å². The lowest BCUT2D eigenvalue weighted by molar-refractivity contribution is 1.06. The van der Waals surface area contributed by atoms with Crippen LogP contribution in [0, 0.1) is 0 Å². The van der Waals surface area contributed by atoms with Crippen molar-refractivity contribution < 1.29 is 0 Å². The van der Waals surface area contributed by atoms with Crippen LogP contribution < -0.4 is 11.5 Å². The first-order chi connectivity index (χ1) is 5.36. The average molecular weight is 150 g/mol. The van der Waals surface area contributed by atoms with E-state index in [0.29, 0.717) is 13.1 Å². The molecule has 2 heteroatoms. The smallest absolute Gasteiger partial charge is 0.0178 e. The number of allylic oxidation sites excluding steroid dienone is 3. The van der Waals surface area contributed by atoms with E-state index in [9.17, 15) is 0 Å². The van der Waals surface area contributed by atoms with Gasteiger partial charge in [0.25, 0.3) is 0 Å². The summed E-state index contributed by atoms with van der Waals surface area (Å²) < 4.78 is 0. The van der Waals surface area contributed by atoms with Gasteiger partial charge in [0, 0.05) is 13.1 Å². The minimum atomic E-state index is 0.591. The lowest BCUT2D eigenvalue weighted by Gasteiger charge is -1.99. The SMILES string of the molecule is NCC1=CC=CCC(CN)=C1. The molecule has 0 aromatic carbocycles. The molecule has 0 aliphatic heterocycles. The first-order valence-electron chi connectivity index (χ1n) is 3.82. The molecule has 0 heterocycles. The molecule has 0 saturated heterocycles. The van der Waals surface area contributed by atoms with Gasteiger partial charge in [-0.25, -0.2) is 0 Å². The third-order valence-electron chi connectivity index (χ3n) is 1.71. The second-order valence-electron chi connectivity index (χ2n) is 2.58. The zero-order valence-corrected chi connectivity index (χ0v) is 6.59. The van der Waals surface area contributed by atoms with Crippen molar-refractivity contribution in [3.05, 3.63) is 35.5 Å². The monoisotopic (exact) mass is 150 g/mol. The molecule has 0 saturated carbocycles. The molecule has 60 valence electrons. The van der Waals surface area contributed by atoms with Crippen molar-refractivity contribution >= 4 is 0 Å². The molecule has 0 aromatic heterocycles. The van der Waals surface area contributed by atoms with Crippen LogP contribution in [-0.2, 0) is 0 Å². The molecule has 2 nitrogen and oxygen atoms in total. The van der Waals surface area contributed by atoms with Gasteiger partial charge in [-0.05, 0) is 12.0 Å². The van der Waals surface area contributed by atoms with Gasteiger partial charge in [0.1, 0.15) is 0 Å². The van der Waals surface area contributed by atoms with Crippen molar-refractivity contribution in [2.24, 2.45) is 11.5 Å². The molecular formula is C9H14N2. The zero-order chi connectivity index (χ0) is 8.10. The summed E-state index contributed by atoms with van der Waals surface area (Å²) in [6, 6.07) is 0. The van der Waals surface area contributed by atoms with E-state index in [1.165, 1.54) is 5.57 Å². The van der Waals surface area contributed by atoms with Crippen LogP contribution in [0.4, 0.5) is 0 Å². The first-order valence-corrected chi connectivity index (χ1v) is 3.82. The fourth-order valence-corrected chi connectivity index (χ4v) is 1.05. The highest BCUT2D eigenvalue weighted by Gasteiger charge is 1.96. The number of rotatable bonds is 2. The van der Waals surface area contributed by atoms with Crippen molar-refractivity contribution in [3.8, 4) is 0 Å². The summed E-state index contributed by atoms with van der Waals surface area (Å²) in [6.45, 7) is 1.22. The second-order valence-corrected chi connectivity index (χ2v) is 2.58. The maximum Gasteiger partial charge on any atom is 0.0178 e. The highest BCUT2D eigenvalue weighted by Crippen LogP contribution is 2.09. The van der Waals surface area contributed by atoms with Crippen molar-refractivity contribution in [1.82, 2.24) is 0 Å². The minimum absolute atomic E-state index is 0.591. The van der Waals surface area contributed by atoms with E-state index >= 15 is 0 Å². The highest BCUT2D eigenvalue weighted by molar-refractivity contribution is 5.32. The molecule has 1 rings (SSSR count). The molecule has 0 bridgehead atoms. The van der Waals surface area contributed by atoms with Gasteiger partial charge in [-0.2, -0.15) is 0 Å². The maximum atomic E-state index is 5.52. The Labute approximate surface area is 67.3 Å². The molecule has 0 spiro atoms. The van der Waals surface area contributed by atoms with E-state index in [4.69, 9.17) is 11.5 Å². The van der Waals surface area contributed by atoms with Crippen molar-refractivity contribution in [2.75, 3.05) is 13.1 Å². The average Bonchev–Trinajstić information content (AvgIpc) is 2.28. The molecule has 1 aliphatic carbocycles. The lowest BCUT2D eigenvalue weighted by atomic mass is 10.1. The molecular weight excluding hydrogens is 136 g/mol. The van der Waals surface area contributed by atoms with E-state index in [0.717, 1.165) is 12.0 Å². The molecule has 0 amide bonds. The van der Waals surface area contributed by atoms with Crippen LogP contribution >= 0.6 is 0 Å². The third kappa shape index (κ3) is 2.33. The minimum Gasteiger partial charge on any atom is -0.327 e. The zero-order valence-electron chi connectivity index (χ0n) is 6.59. The standard InChI is InChI=1S/C9H14N2/c10-6-8-3-1-2-4-9(5-8)7-11/h1-3,5H,4,6-7,10-11H2. The summed E-state index contributed by atoms with van der Waals surface area (Å²) in [4.78, 5) is 0. The number of nitrogens with two attached hydrogens (primary N) is 2. The third-order valence-corrected chi connectivity index (χ3v) is 1.71. The van der Waals surface area contributed by atoms with Crippen LogP contribution in [0.15, 0.2) is 35.5 Å². The second kappa shape index (κ2) is 4.11.